The van der Waals surface area contributed by atoms with Crippen molar-refractivity contribution in [2.75, 3.05) is 13.1 Å². The van der Waals surface area contributed by atoms with Gasteiger partial charge in [0, 0.05) is 12.6 Å². The summed E-state index contributed by atoms with van der Waals surface area (Å²) in [6.45, 7) is 7.98. The quantitative estimate of drug-likeness (QED) is 0.859. The number of aromatic nitrogens is 3. The first kappa shape index (κ1) is 16.9. The summed E-state index contributed by atoms with van der Waals surface area (Å²) in [6.07, 6.45) is 3.04. The molecule has 0 radical (unpaired) electrons. The van der Waals surface area contributed by atoms with Crippen LogP contribution in [-0.4, -0.2) is 54.7 Å². The summed E-state index contributed by atoms with van der Waals surface area (Å²) in [5.74, 6) is -0.151. The Bertz CT molecular complexity index is 535. The van der Waals surface area contributed by atoms with Crippen LogP contribution < -0.4 is 0 Å². The van der Waals surface area contributed by atoms with E-state index >= 15 is 0 Å². The molecule has 7 heteroatoms. The summed E-state index contributed by atoms with van der Waals surface area (Å²) in [7, 11) is 0. The topological polar surface area (TPSA) is 91.5 Å². The van der Waals surface area contributed by atoms with E-state index in [1.54, 1.807) is 29.6 Å². The zero-order valence-corrected chi connectivity index (χ0v) is 13.8. The first-order chi connectivity index (χ1) is 10.1. The number of β-amino-alcohol motifs (C(OH)–C–C–N with tert-alkyl or cyclic N) is 1. The molecule has 124 valence electrons. The third kappa shape index (κ3) is 3.84. The molecule has 0 unspecified atom stereocenters. The molecule has 2 rings (SSSR count). The fraction of sp³-hybridized carbons (Fsp3) is 0.800. The molecule has 1 aliphatic rings. The van der Waals surface area contributed by atoms with Gasteiger partial charge in [-0.05, 0) is 40.5 Å². The van der Waals surface area contributed by atoms with Crippen molar-refractivity contribution < 1.29 is 15.0 Å². The van der Waals surface area contributed by atoms with Crippen molar-refractivity contribution in [3.8, 4) is 0 Å². The van der Waals surface area contributed by atoms with Crippen LogP contribution in [0, 0.1) is 0 Å². The Kier molecular flexibility index (Phi) is 4.58. The van der Waals surface area contributed by atoms with E-state index < -0.39 is 11.2 Å². The number of hydrogen-bond acceptors (Lipinski definition) is 5. The highest BCUT2D eigenvalue weighted by atomic mass is 16.3. The lowest BCUT2D eigenvalue weighted by molar-refractivity contribution is -0.143. The molecule has 1 amide bonds. The SMILES string of the molecule is CC(C)n1cc([C@@]2(O)CCCN(C(=O)CC(C)(C)O)C2)nn1. The number of carbonyl (C=O) groups is 1. The average molecular weight is 310 g/mol. The van der Waals surface area contributed by atoms with Crippen molar-refractivity contribution in [1.29, 1.82) is 0 Å². The first-order valence-corrected chi connectivity index (χ1v) is 7.75. The van der Waals surface area contributed by atoms with Crippen LogP contribution in [0.2, 0.25) is 0 Å². The third-order valence-corrected chi connectivity index (χ3v) is 3.92. The molecule has 0 bridgehead atoms. The molecule has 1 aromatic heterocycles. The van der Waals surface area contributed by atoms with E-state index in [2.05, 4.69) is 10.3 Å². The van der Waals surface area contributed by atoms with E-state index in [-0.39, 0.29) is 24.9 Å². The summed E-state index contributed by atoms with van der Waals surface area (Å²) >= 11 is 0. The molecule has 7 nitrogen and oxygen atoms in total. The van der Waals surface area contributed by atoms with Gasteiger partial charge in [0.05, 0.1) is 24.8 Å². The summed E-state index contributed by atoms with van der Waals surface area (Å²) in [6, 6.07) is 0.168. The van der Waals surface area contributed by atoms with Crippen molar-refractivity contribution in [2.45, 2.75) is 64.2 Å². The number of likely N-dealkylation sites (tertiary alicyclic amines) is 1. The van der Waals surface area contributed by atoms with Gasteiger partial charge in [0.1, 0.15) is 11.3 Å². The van der Waals surface area contributed by atoms with Gasteiger partial charge in [-0.25, -0.2) is 4.68 Å². The summed E-state index contributed by atoms with van der Waals surface area (Å²) in [5, 5.41) is 28.8. The number of amides is 1. The largest absolute Gasteiger partial charge is 0.390 e. The number of hydrogen-bond donors (Lipinski definition) is 2. The minimum Gasteiger partial charge on any atom is -0.390 e. The second-order valence-electron chi connectivity index (χ2n) is 7.12. The molecule has 2 N–H and O–H groups in total. The van der Waals surface area contributed by atoms with E-state index in [9.17, 15) is 15.0 Å². The normalized spacial score (nSPS) is 23.1. The molecular formula is C15H26N4O3. The van der Waals surface area contributed by atoms with Gasteiger partial charge < -0.3 is 15.1 Å². The average Bonchev–Trinajstić information content (AvgIpc) is 2.87. The Labute approximate surface area is 130 Å². The zero-order valence-electron chi connectivity index (χ0n) is 13.8. The Morgan fingerprint density at radius 1 is 1.50 bits per heavy atom. The number of piperidine rings is 1. The molecule has 0 aliphatic carbocycles. The van der Waals surface area contributed by atoms with Gasteiger partial charge in [-0.3, -0.25) is 4.79 Å². The molecule has 0 saturated carbocycles. The number of aliphatic hydroxyl groups is 2. The lowest BCUT2D eigenvalue weighted by Crippen LogP contribution is -2.50. The number of rotatable bonds is 4. The molecule has 22 heavy (non-hydrogen) atoms. The zero-order chi connectivity index (χ0) is 16.5. The van der Waals surface area contributed by atoms with Crippen LogP contribution in [0.25, 0.3) is 0 Å². The number of carbonyl (C=O) groups excluding carboxylic acids is 1. The predicted octanol–water partition coefficient (Wildman–Crippen LogP) is 0.830. The van der Waals surface area contributed by atoms with Gasteiger partial charge in [0.25, 0.3) is 0 Å². The summed E-state index contributed by atoms with van der Waals surface area (Å²) in [4.78, 5) is 13.9. The van der Waals surface area contributed by atoms with Crippen molar-refractivity contribution in [1.82, 2.24) is 19.9 Å². The van der Waals surface area contributed by atoms with E-state index in [1.807, 2.05) is 13.8 Å². The fourth-order valence-corrected chi connectivity index (χ4v) is 2.68. The van der Waals surface area contributed by atoms with Crippen LogP contribution >= 0.6 is 0 Å². The van der Waals surface area contributed by atoms with Crippen molar-refractivity contribution in [2.24, 2.45) is 0 Å². The number of nitrogens with zero attached hydrogens (tertiary/aromatic N) is 4. The second kappa shape index (κ2) is 5.96. The minimum atomic E-state index is -1.17. The van der Waals surface area contributed by atoms with Gasteiger partial charge in [-0.1, -0.05) is 5.21 Å². The highest BCUT2D eigenvalue weighted by Gasteiger charge is 2.39. The minimum absolute atomic E-state index is 0.0434. The molecule has 0 spiro atoms. The van der Waals surface area contributed by atoms with Crippen molar-refractivity contribution in [3.05, 3.63) is 11.9 Å². The Hall–Kier alpha value is -1.47. The molecular weight excluding hydrogens is 284 g/mol. The maximum Gasteiger partial charge on any atom is 0.225 e. The van der Waals surface area contributed by atoms with Crippen LogP contribution in [0.3, 0.4) is 0 Å². The second-order valence-corrected chi connectivity index (χ2v) is 7.12. The van der Waals surface area contributed by atoms with Crippen LogP contribution in [-0.2, 0) is 10.4 Å². The summed E-state index contributed by atoms with van der Waals surface area (Å²) in [5.41, 5.74) is -1.71. The third-order valence-electron chi connectivity index (χ3n) is 3.92. The van der Waals surface area contributed by atoms with E-state index in [0.717, 1.165) is 0 Å². The predicted molar refractivity (Wildman–Crippen MR) is 81.0 cm³/mol. The highest BCUT2D eigenvalue weighted by molar-refractivity contribution is 5.77. The Morgan fingerprint density at radius 3 is 2.73 bits per heavy atom. The molecule has 0 aromatic carbocycles. The molecule has 1 atom stereocenters. The van der Waals surface area contributed by atoms with Crippen LogP contribution in [0.15, 0.2) is 6.20 Å². The van der Waals surface area contributed by atoms with Gasteiger partial charge in [-0.2, -0.15) is 0 Å². The van der Waals surface area contributed by atoms with E-state index in [0.29, 0.717) is 25.1 Å². The smallest absolute Gasteiger partial charge is 0.225 e. The lowest BCUT2D eigenvalue weighted by atomic mass is 9.89. The Morgan fingerprint density at radius 2 is 2.18 bits per heavy atom. The van der Waals surface area contributed by atoms with Crippen LogP contribution in [0.1, 0.15) is 58.7 Å². The summed E-state index contributed by atoms with van der Waals surface area (Å²) < 4.78 is 1.70. The van der Waals surface area contributed by atoms with Gasteiger partial charge >= 0.3 is 0 Å². The van der Waals surface area contributed by atoms with Crippen LogP contribution in [0.5, 0.6) is 0 Å². The molecule has 2 heterocycles. The van der Waals surface area contributed by atoms with Crippen molar-refractivity contribution >= 4 is 5.91 Å². The van der Waals surface area contributed by atoms with Gasteiger partial charge in [0.15, 0.2) is 0 Å². The van der Waals surface area contributed by atoms with Gasteiger partial charge in [-0.15, -0.1) is 5.10 Å². The van der Waals surface area contributed by atoms with Gasteiger partial charge in [0.2, 0.25) is 5.91 Å². The maximum atomic E-state index is 12.3. The molecule has 1 aliphatic heterocycles. The van der Waals surface area contributed by atoms with E-state index in [4.69, 9.17) is 0 Å². The lowest BCUT2D eigenvalue weighted by Gasteiger charge is -2.38. The Balaban J connectivity index is 2.12. The monoisotopic (exact) mass is 310 g/mol. The van der Waals surface area contributed by atoms with E-state index in [1.165, 1.54) is 0 Å². The van der Waals surface area contributed by atoms with Crippen LogP contribution in [0.4, 0.5) is 0 Å². The fourth-order valence-electron chi connectivity index (χ4n) is 2.68. The maximum absolute atomic E-state index is 12.3. The van der Waals surface area contributed by atoms with Crippen molar-refractivity contribution in [3.63, 3.8) is 0 Å². The molecule has 1 saturated heterocycles. The molecule has 1 fully saturated rings. The standard InChI is InChI=1S/C15H26N4O3/c1-11(2)19-9-12(16-17-19)15(22)6-5-7-18(10-15)13(20)8-14(3,4)21/h9,11,21-22H,5-8,10H2,1-4H3/t15-/m1/s1. The highest BCUT2D eigenvalue weighted by Crippen LogP contribution is 2.31. The molecule has 1 aromatic rings. The first-order valence-electron chi connectivity index (χ1n) is 7.75.